The Morgan fingerprint density at radius 3 is 2.43 bits per heavy atom. The molecule has 1 aromatic heterocycles. The molecule has 0 spiro atoms. The molecule has 2 rings (SSSR count). The molecule has 120 valence electrons. The third-order valence-corrected chi connectivity index (χ3v) is 4.67. The van der Waals surface area contributed by atoms with Crippen molar-refractivity contribution in [1.82, 2.24) is 0 Å². The first-order chi connectivity index (χ1) is 10.9. The molecule has 0 aliphatic carbocycles. The Labute approximate surface area is 146 Å². The maximum Gasteiger partial charge on any atom is 0.350 e. The summed E-state index contributed by atoms with van der Waals surface area (Å²) < 4.78 is 4.83. The van der Waals surface area contributed by atoms with E-state index in [1.165, 1.54) is 35.6 Å². The maximum absolute atomic E-state index is 11.9. The summed E-state index contributed by atoms with van der Waals surface area (Å²) in [6, 6.07) is 10.3. The summed E-state index contributed by atoms with van der Waals surface area (Å²) >= 11 is 6.12. The third-order valence-electron chi connectivity index (χ3n) is 3.39. The van der Waals surface area contributed by atoms with E-state index >= 15 is 0 Å². The van der Waals surface area contributed by atoms with Gasteiger partial charge in [-0.3, -0.25) is 4.99 Å². The van der Waals surface area contributed by atoms with Crippen molar-refractivity contribution in [1.29, 1.82) is 0 Å². The molecule has 3 nitrogen and oxygen atoms in total. The molecule has 2 aromatic rings. The van der Waals surface area contributed by atoms with Crippen molar-refractivity contribution in [2.45, 2.75) is 26.2 Å². The van der Waals surface area contributed by atoms with E-state index in [0.29, 0.717) is 10.6 Å². The van der Waals surface area contributed by atoms with Crippen molar-refractivity contribution >= 4 is 46.8 Å². The van der Waals surface area contributed by atoms with Crippen molar-refractivity contribution in [2.24, 2.45) is 4.99 Å². The van der Waals surface area contributed by atoms with E-state index in [1.807, 2.05) is 6.07 Å². The molecule has 23 heavy (non-hydrogen) atoms. The van der Waals surface area contributed by atoms with Gasteiger partial charge in [0.2, 0.25) is 0 Å². The molecule has 0 saturated carbocycles. The lowest BCUT2D eigenvalue weighted by Crippen LogP contribution is -2.10. The van der Waals surface area contributed by atoms with Gasteiger partial charge in [-0.15, -0.1) is 11.3 Å². The molecule has 1 heterocycles. The molecule has 1 aromatic carbocycles. The van der Waals surface area contributed by atoms with E-state index in [2.05, 4.69) is 50.0 Å². The average molecular weight is 345 g/mol. The zero-order chi connectivity index (χ0) is 17.0. The van der Waals surface area contributed by atoms with Crippen LogP contribution in [0.1, 0.15) is 36.0 Å². The summed E-state index contributed by atoms with van der Waals surface area (Å²) in [6.45, 7) is 6.54. The van der Waals surface area contributed by atoms with Crippen LogP contribution >= 0.6 is 23.6 Å². The second kappa shape index (κ2) is 7.15. The van der Waals surface area contributed by atoms with E-state index in [0.717, 1.165) is 10.4 Å². The van der Waals surface area contributed by atoms with E-state index in [-0.39, 0.29) is 11.4 Å². The Bertz CT molecular complexity index is 737. The molecule has 0 radical (unpaired) electrons. The number of ether oxygens (including phenoxy) is 1. The minimum absolute atomic E-state index is 0.111. The molecule has 5 heteroatoms. The number of hydrogen-bond acceptors (Lipinski definition) is 5. The lowest BCUT2D eigenvalue weighted by Gasteiger charge is -2.18. The van der Waals surface area contributed by atoms with Gasteiger partial charge >= 0.3 is 5.97 Å². The van der Waals surface area contributed by atoms with Crippen LogP contribution < -0.4 is 0 Å². The number of carbonyl (C=O) groups excluding carboxylic acids is 1. The van der Waals surface area contributed by atoms with Crippen molar-refractivity contribution in [3.05, 3.63) is 40.8 Å². The summed E-state index contributed by atoms with van der Waals surface area (Å²) in [5, 5.41) is 1.41. The highest BCUT2D eigenvalue weighted by Gasteiger charge is 2.18. The van der Waals surface area contributed by atoms with Crippen LogP contribution in [0.3, 0.4) is 0 Å². The van der Waals surface area contributed by atoms with Crippen LogP contribution in [0.15, 0.2) is 35.3 Å². The highest BCUT2D eigenvalue weighted by molar-refractivity contribution is 7.80. The Morgan fingerprint density at radius 1 is 1.26 bits per heavy atom. The summed E-state index contributed by atoms with van der Waals surface area (Å²) in [5.74, 6) is -0.385. The molecule has 0 atom stereocenters. The largest absolute Gasteiger partial charge is 0.465 e. The predicted octanol–water partition coefficient (Wildman–Crippen LogP) is 5.20. The van der Waals surface area contributed by atoms with Crippen molar-refractivity contribution in [3.8, 4) is 10.4 Å². The third kappa shape index (κ3) is 4.12. The van der Waals surface area contributed by atoms with E-state index in [4.69, 9.17) is 17.0 Å². The number of hydrogen-bond donors (Lipinski definition) is 0. The highest BCUT2D eigenvalue weighted by Crippen LogP contribution is 2.37. The molecule has 0 aliphatic rings. The van der Waals surface area contributed by atoms with Crippen molar-refractivity contribution in [2.75, 3.05) is 7.11 Å². The molecule has 0 amide bonds. The number of esters is 1. The van der Waals surface area contributed by atoms with Crippen LogP contribution in [0.5, 0.6) is 0 Å². The Kier molecular flexibility index (Phi) is 5.44. The number of aliphatic imine (C=N–C) groups is 1. The van der Waals surface area contributed by atoms with Gasteiger partial charge in [0.25, 0.3) is 0 Å². The van der Waals surface area contributed by atoms with Gasteiger partial charge in [-0.05, 0) is 22.6 Å². The van der Waals surface area contributed by atoms with Crippen LogP contribution in [0.4, 0.5) is 5.69 Å². The summed E-state index contributed by atoms with van der Waals surface area (Å²) in [5.41, 5.74) is 3.01. The molecule has 0 fully saturated rings. The second-order valence-electron chi connectivity index (χ2n) is 6.06. The lowest BCUT2D eigenvalue weighted by molar-refractivity contribution is 0.0607. The predicted molar refractivity (Wildman–Crippen MR) is 102 cm³/mol. The van der Waals surface area contributed by atoms with Gasteiger partial charge in [-0.1, -0.05) is 57.3 Å². The fourth-order valence-corrected chi connectivity index (χ4v) is 3.19. The number of methoxy groups -OCH3 is 1. The van der Waals surface area contributed by atoms with Gasteiger partial charge in [0.15, 0.2) is 0 Å². The SMILES string of the molecule is COC(=O)c1sc(-c2ccc(C(C)(C)C)cc2)cc1N=CC=S. The Balaban J connectivity index is 2.43. The summed E-state index contributed by atoms with van der Waals surface area (Å²) in [7, 11) is 1.37. The minimum Gasteiger partial charge on any atom is -0.465 e. The normalized spacial score (nSPS) is 11.7. The van der Waals surface area contributed by atoms with E-state index in [1.54, 1.807) is 0 Å². The quantitative estimate of drug-likeness (QED) is 0.434. The monoisotopic (exact) mass is 345 g/mol. The van der Waals surface area contributed by atoms with Crippen molar-refractivity contribution in [3.63, 3.8) is 0 Å². The summed E-state index contributed by atoms with van der Waals surface area (Å²) in [6.07, 6.45) is 1.50. The molecule has 0 bridgehead atoms. The summed E-state index contributed by atoms with van der Waals surface area (Å²) in [4.78, 5) is 17.6. The fourth-order valence-electron chi connectivity index (χ4n) is 2.10. The average Bonchev–Trinajstić information content (AvgIpc) is 2.95. The minimum atomic E-state index is -0.385. The standard InChI is InChI=1S/C18H19NO2S2/c1-18(2,3)13-7-5-12(6-8-13)15-11-14(19-9-10-22)16(23-15)17(20)21-4/h5-11H,1-4H3. The Morgan fingerprint density at radius 2 is 1.91 bits per heavy atom. The second-order valence-corrected chi connectivity index (χ2v) is 7.38. The highest BCUT2D eigenvalue weighted by atomic mass is 32.1. The number of thiophene rings is 1. The van der Waals surface area contributed by atoms with Gasteiger partial charge in [-0.2, -0.15) is 0 Å². The molecule has 0 unspecified atom stereocenters. The van der Waals surface area contributed by atoms with Crippen molar-refractivity contribution < 1.29 is 9.53 Å². The molecule has 0 N–H and O–H groups in total. The fraction of sp³-hybridized carbons (Fsp3) is 0.278. The smallest absolute Gasteiger partial charge is 0.350 e. The van der Waals surface area contributed by atoms with E-state index in [9.17, 15) is 4.79 Å². The number of thiocarbonyl (C=S) groups is 1. The van der Waals surface area contributed by atoms with Gasteiger partial charge < -0.3 is 4.74 Å². The van der Waals surface area contributed by atoms with Crippen LogP contribution in [0, 0.1) is 0 Å². The Hall–Kier alpha value is -1.85. The van der Waals surface area contributed by atoms with Crippen LogP contribution in [-0.4, -0.2) is 24.7 Å². The number of nitrogens with zero attached hydrogens (tertiary/aromatic N) is 1. The van der Waals surface area contributed by atoms with Crippen LogP contribution in [0.25, 0.3) is 10.4 Å². The molecule has 0 saturated heterocycles. The zero-order valence-corrected chi connectivity index (χ0v) is 15.3. The zero-order valence-electron chi connectivity index (χ0n) is 13.6. The molecular formula is C18H19NO2S2. The maximum atomic E-state index is 11.9. The van der Waals surface area contributed by atoms with Gasteiger partial charge in [-0.25, -0.2) is 4.79 Å². The molecular weight excluding hydrogens is 326 g/mol. The van der Waals surface area contributed by atoms with Gasteiger partial charge in [0.05, 0.1) is 12.8 Å². The number of carbonyl (C=O) groups is 1. The first-order valence-electron chi connectivity index (χ1n) is 7.17. The van der Waals surface area contributed by atoms with Gasteiger partial charge in [0.1, 0.15) is 4.88 Å². The van der Waals surface area contributed by atoms with E-state index < -0.39 is 0 Å². The lowest BCUT2D eigenvalue weighted by atomic mass is 9.86. The van der Waals surface area contributed by atoms with Crippen LogP contribution in [-0.2, 0) is 10.2 Å². The first-order valence-corrected chi connectivity index (χ1v) is 8.46. The molecule has 0 aliphatic heterocycles. The first kappa shape index (κ1) is 17.5. The van der Waals surface area contributed by atoms with Crippen LogP contribution in [0.2, 0.25) is 0 Å². The number of rotatable bonds is 4. The van der Waals surface area contributed by atoms with Gasteiger partial charge in [0, 0.05) is 16.5 Å². The topological polar surface area (TPSA) is 38.7 Å². The number of benzene rings is 1.